The lowest BCUT2D eigenvalue weighted by Gasteiger charge is -2.17. The maximum atomic E-state index is 9.41. The van der Waals surface area contributed by atoms with E-state index in [1.165, 1.54) is 0 Å². The number of rotatable bonds is 1. The van der Waals surface area contributed by atoms with Crippen LogP contribution in [0.5, 0.6) is 0 Å². The summed E-state index contributed by atoms with van der Waals surface area (Å²) in [6, 6.07) is 0. The summed E-state index contributed by atoms with van der Waals surface area (Å²) in [4.78, 5) is 0. The van der Waals surface area contributed by atoms with E-state index < -0.39 is 12.2 Å². The monoisotopic (exact) mass is 172 g/mol. The Balaban J connectivity index is 2.44. The Labute approximate surface area is 74.6 Å². The van der Waals surface area contributed by atoms with Gasteiger partial charge < -0.3 is 10.2 Å². The van der Waals surface area contributed by atoms with E-state index in [-0.39, 0.29) is 0 Å². The van der Waals surface area contributed by atoms with Crippen LogP contribution in [0.25, 0.3) is 0 Å². The molecule has 2 nitrogen and oxygen atoms in total. The van der Waals surface area contributed by atoms with Gasteiger partial charge in [-0.05, 0) is 37.5 Å². The summed E-state index contributed by atoms with van der Waals surface area (Å²) >= 11 is 0. The van der Waals surface area contributed by atoms with Gasteiger partial charge in [-0.3, -0.25) is 0 Å². The molecule has 3 atom stereocenters. The van der Waals surface area contributed by atoms with E-state index in [9.17, 15) is 10.2 Å². The molecule has 0 aromatic heterocycles. The van der Waals surface area contributed by atoms with Crippen LogP contribution >= 0.6 is 0 Å². The molecule has 0 heterocycles. The third-order valence-electron chi connectivity index (χ3n) is 3.05. The number of hydrogen-bond donors (Lipinski definition) is 2. The first kappa shape index (κ1) is 10.0. The van der Waals surface area contributed by atoms with Gasteiger partial charge in [0.2, 0.25) is 0 Å². The van der Waals surface area contributed by atoms with Crippen molar-refractivity contribution in [2.45, 2.75) is 51.7 Å². The van der Waals surface area contributed by atoms with Crippen molar-refractivity contribution in [3.63, 3.8) is 0 Å². The Morgan fingerprint density at radius 2 is 1.33 bits per heavy atom. The van der Waals surface area contributed by atoms with Crippen molar-refractivity contribution < 1.29 is 10.2 Å². The average Bonchev–Trinajstić information content (AvgIpc) is 2.16. The summed E-state index contributed by atoms with van der Waals surface area (Å²) in [7, 11) is 0. The predicted octanol–water partition coefficient (Wildman–Crippen LogP) is 1.55. The number of aliphatic hydroxyl groups is 2. The Hall–Kier alpha value is -0.0800. The maximum Gasteiger partial charge on any atom is 0.0799 e. The molecule has 0 aromatic rings. The van der Waals surface area contributed by atoms with Gasteiger partial charge in [-0.1, -0.05) is 13.8 Å². The van der Waals surface area contributed by atoms with Crippen molar-refractivity contribution in [3.8, 4) is 0 Å². The van der Waals surface area contributed by atoms with Gasteiger partial charge in [0.25, 0.3) is 0 Å². The van der Waals surface area contributed by atoms with Crippen LogP contribution in [0.2, 0.25) is 0 Å². The minimum absolute atomic E-state index is 0.478. The number of hydrogen-bond acceptors (Lipinski definition) is 2. The quantitative estimate of drug-likeness (QED) is 0.589. The summed E-state index contributed by atoms with van der Waals surface area (Å²) in [5.74, 6) is 1.37. The van der Waals surface area contributed by atoms with Crippen LogP contribution in [0.3, 0.4) is 0 Å². The molecule has 1 saturated carbocycles. The van der Waals surface area contributed by atoms with Gasteiger partial charge in [-0.25, -0.2) is 0 Å². The fraction of sp³-hybridized carbons (Fsp3) is 1.00. The zero-order chi connectivity index (χ0) is 9.14. The molecule has 0 bridgehead atoms. The van der Waals surface area contributed by atoms with Crippen LogP contribution < -0.4 is 0 Å². The van der Waals surface area contributed by atoms with Crippen molar-refractivity contribution in [1.29, 1.82) is 0 Å². The largest absolute Gasteiger partial charge is 0.390 e. The highest BCUT2D eigenvalue weighted by atomic mass is 16.3. The van der Waals surface area contributed by atoms with Crippen LogP contribution in [0.15, 0.2) is 0 Å². The first-order chi connectivity index (χ1) is 5.61. The summed E-state index contributed by atoms with van der Waals surface area (Å²) in [5, 5.41) is 18.8. The highest BCUT2D eigenvalue weighted by Gasteiger charge is 2.25. The molecule has 0 aliphatic heterocycles. The molecule has 0 spiro atoms. The first-order valence-electron chi connectivity index (χ1n) is 4.97. The lowest BCUT2D eigenvalue weighted by Crippen LogP contribution is -2.23. The van der Waals surface area contributed by atoms with Crippen LogP contribution in [0.4, 0.5) is 0 Å². The smallest absolute Gasteiger partial charge is 0.0799 e. The second-order valence-electron chi connectivity index (χ2n) is 4.29. The first-order valence-corrected chi connectivity index (χ1v) is 4.97. The van der Waals surface area contributed by atoms with Gasteiger partial charge in [-0.2, -0.15) is 0 Å². The molecule has 0 unspecified atom stereocenters. The lowest BCUT2D eigenvalue weighted by atomic mass is 9.89. The molecule has 2 N–H and O–H groups in total. The molecule has 0 saturated heterocycles. The molecular weight excluding hydrogens is 152 g/mol. The van der Waals surface area contributed by atoms with E-state index in [4.69, 9.17) is 0 Å². The summed E-state index contributed by atoms with van der Waals surface area (Å²) in [5.41, 5.74) is 0. The molecule has 1 aliphatic rings. The topological polar surface area (TPSA) is 40.5 Å². The van der Waals surface area contributed by atoms with E-state index in [0.717, 1.165) is 25.7 Å². The second kappa shape index (κ2) is 4.24. The minimum atomic E-state index is -0.478. The van der Waals surface area contributed by atoms with Crippen molar-refractivity contribution in [2.75, 3.05) is 0 Å². The fourth-order valence-corrected chi connectivity index (χ4v) is 1.97. The van der Waals surface area contributed by atoms with E-state index in [2.05, 4.69) is 13.8 Å². The molecule has 12 heavy (non-hydrogen) atoms. The zero-order valence-corrected chi connectivity index (χ0v) is 8.03. The van der Waals surface area contributed by atoms with E-state index >= 15 is 0 Å². The fourth-order valence-electron chi connectivity index (χ4n) is 1.97. The maximum absolute atomic E-state index is 9.41. The summed E-state index contributed by atoms with van der Waals surface area (Å²) < 4.78 is 0. The van der Waals surface area contributed by atoms with E-state index in [1.807, 2.05) is 0 Å². The van der Waals surface area contributed by atoms with Gasteiger partial charge in [0.05, 0.1) is 12.2 Å². The molecule has 2 heteroatoms. The highest BCUT2D eigenvalue weighted by Crippen LogP contribution is 2.28. The normalized spacial score (nSPS) is 38.2. The van der Waals surface area contributed by atoms with E-state index in [0.29, 0.717) is 11.8 Å². The van der Waals surface area contributed by atoms with E-state index in [1.54, 1.807) is 0 Å². The van der Waals surface area contributed by atoms with Crippen LogP contribution in [-0.4, -0.2) is 22.4 Å². The van der Waals surface area contributed by atoms with Gasteiger partial charge in [0, 0.05) is 0 Å². The van der Waals surface area contributed by atoms with Crippen molar-refractivity contribution in [3.05, 3.63) is 0 Å². The Morgan fingerprint density at radius 1 is 0.917 bits per heavy atom. The van der Waals surface area contributed by atoms with Crippen molar-refractivity contribution in [1.82, 2.24) is 0 Å². The molecule has 72 valence electrons. The molecule has 0 radical (unpaired) electrons. The second-order valence-corrected chi connectivity index (χ2v) is 4.29. The summed E-state index contributed by atoms with van der Waals surface area (Å²) in [6.45, 7) is 4.43. The Kier molecular flexibility index (Phi) is 3.53. The highest BCUT2D eigenvalue weighted by molar-refractivity contribution is 4.77. The van der Waals surface area contributed by atoms with Gasteiger partial charge in [0.1, 0.15) is 0 Å². The lowest BCUT2D eigenvalue weighted by molar-refractivity contribution is 0.0157. The zero-order valence-electron chi connectivity index (χ0n) is 8.03. The third-order valence-corrected chi connectivity index (χ3v) is 3.05. The predicted molar refractivity (Wildman–Crippen MR) is 48.8 cm³/mol. The molecule has 0 amide bonds. The van der Waals surface area contributed by atoms with Gasteiger partial charge in [0.15, 0.2) is 0 Å². The van der Waals surface area contributed by atoms with Crippen molar-refractivity contribution >= 4 is 0 Å². The third kappa shape index (κ3) is 2.46. The standard InChI is InChI=1S/C10H20O2/c1-7(2)8-3-5-9(11)10(12)6-4-8/h7-12H,3-6H2,1-2H3/t8-,9+,10-. The molecular formula is C10H20O2. The summed E-state index contributed by atoms with van der Waals surface area (Å²) in [6.07, 6.45) is 2.71. The molecule has 1 fully saturated rings. The molecule has 0 aromatic carbocycles. The van der Waals surface area contributed by atoms with Crippen LogP contribution in [-0.2, 0) is 0 Å². The Morgan fingerprint density at radius 3 is 1.67 bits per heavy atom. The molecule has 1 rings (SSSR count). The molecule has 1 aliphatic carbocycles. The van der Waals surface area contributed by atoms with Crippen molar-refractivity contribution in [2.24, 2.45) is 11.8 Å². The van der Waals surface area contributed by atoms with Crippen LogP contribution in [0.1, 0.15) is 39.5 Å². The average molecular weight is 172 g/mol. The van der Waals surface area contributed by atoms with Crippen LogP contribution in [0, 0.1) is 11.8 Å². The van der Waals surface area contributed by atoms with Gasteiger partial charge in [-0.15, -0.1) is 0 Å². The minimum Gasteiger partial charge on any atom is -0.390 e. The SMILES string of the molecule is CC(C)[C@H]1CC[C@@H](O)[C@@H](O)CC1. The Bertz CT molecular complexity index is 122. The number of aliphatic hydroxyl groups excluding tert-OH is 2. The van der Waals surface area contributed by atoms with Gasteiger partial charge >= 0.3 is 0 Å².